The highest BCUT2D eigenvalue weighted by molar-refractivity contribution is 7.89. The molecule has 168 valence electrons. The second-order valence-corrected chi connectivity index (χ2v) is 11.2. The summed E-state index contributed by atoms with van der Waals surface area (Å²) in [7, 11) is -3.59. The first-order chi connectivity index (χ1) is 16.0. The SMILES string of the molecule is O=C(Nc1nc2c(cc3c4c(cccc42)CC3)s1)c1ccc(S(=O)(=O)N2CCOCC2)cc1. The van der Waals surface area contributed by atoms with E-state index in [9.17, 15) is 13.2 Å². The zero-order valence-electron chi connectivity index (χ0n) is 17.7. The molecule has 1 N–H and O–H groups in total. The fourth-order valence-corrected chi connectivity index (χ4v) is 6.99. The number of sulfonamides is 1. The van der Waals surface area contributed by atoms with Crippen LogP contribution in [-0.2, 0) is 27.6 Å². The highest BCUT2D eigenvalue weighted by Gasteiger charge is 2.26. The van der Waals surface area contributed by atoms with Gasteiger partial charge in [0.15, 0.2) is 5.13 Å². The fourth-order valence-electron chi connectivity index (χ4n) is 4.64. The largest absolute Gasteiger partial charge is 0.379 e. The van der Waals surface area contributed by atoms with Gasteiger partial charge in [-0.2, -0.15) is 4.31 Å². The minimum atomic E-state index is -3.59. The number of amides is 1. The van der Waals surface area contributed by atoms with Crippen molar-refractivity contribution in [2.75, 3.05) is 31.6 Å². The minimum absolute atomic E-state index is 0.171. The zero-order valence-corrected chi connectivity index (χ0v) is 19.3. The average Bonchev–Trinajstić information content (AvgIpc) is 3.45. The van der Waals surface area contributed by atoms with Crippen molar-refractivity contribution in [2.24, 2.45) is 0 Å². The summed E-state index contributed by atoms with van der Waals surface area (Å²) < 4.78 is 33.3. The molecule has 7 nitrogen and oxygen atoms in total. The van der Waals surface area contributed by atoms with Crippen molar-refractivity contribution in [3.05, 3.63) is 65.2 Å². The maximum Gasteiger partial charge on any atom is 0.257 e. The van der Waals surface area contributed by atoms with Crippen LogP contribution in [0.5, 0.6) is 0 Å². The average molecular weight is 480 g/mol. The standard InChI is InChI=1S/C24H21N3O4S2/c28-23(16-6-8-18(9-7-16)33(29,30)27-10-12-31-13-11-27)26-24-25-22-19-3-1-2-15-4-5-17(21(15)19)14-20(22)32-24/h1-3,6-9,14H,4-5,10-13H2,(H,25,26,28). The number of anilines is 1. The topological polar surface area (TPSA) is 88.6 Å². The lowest BCUT2D eigenvalue weighted by Crippen LogP contribution is -2.40. The maximum absolute atomic E-state index is 12.8. The summed E-state index contributed by atoms with van der Waals surface area (Å²) in [6.45, 7) is 1.44. The van der Waals surface area contributed by atoms with Gasteiger partial charge in [0, 0.05) is 24.0 Å². The van der Waals surface area contributed by atoms with Crippen molar-refractivity contribution in [3.63, 3.8) is 0 Å². The third-order valence-electron chi connectivity index (χ3n) is 6.29. The predicted molar refractivity (Wildman–Crippen MR) is 129 cm³/mol. The summed E-state index contributed by atoms with van der Waals surface area (Å²) in [5, 5.41) is 5.84. The highest BCUT2D eigenvalue weighted by atomic mass is 32.2. The van der Waals surface area contributed by atoms with E-state index in [4.69, 9.17) is 9.72 Å². The number of aryl methyl sites for hydroxylation is 2. The number of benzene rings is 3. The fraction of sp³-hybridized carbons (Fsp3) is 0.250. The molecule has 1 fully saturated rings. The lowest BCUT2D eigenvalue weighted by molar-refractivity contribution is 0.0730. The van der Waals surface area contributed by atoms with Crippen LogP contribution in [0.4, 0.5) is 5.13 Å². The molecule has 0 atom stereocenters. The molecule has 1 saturated heterocycles. The molecule has 6 rings (SSSR count). The molecule has 1 amide bonds. The van der Waals surface area contributed by atoms with Crippen LogP contribution in [0.15, 0.2) is 53.4 Å². The summed E-state index contributed by atoms with van der Waals surface area (Å²) in [6.07, 6.45) is 2.09. The van der Waals surface area contributed by atoms with Crippen molar-refractivity contribution in [3.8, 4) is 0 Å². The van der Waals surface area contributed by atoms with Gasteiger partial charge in [0.2, 0.25) is 10.0 Å². The summed E-state index contributed by atoms with van der Waals surface area (Å²) in [6, 6.07) is 14.5. The van der Waals surface area contributed by atoms with Crippen molar-refractivity contribution < 1.29 is 17.9 Å². The summed E-state index contributed by atoms with van der Waals surface area (Å²) in [5.74, 6) is -0.318. The van der Waals surface area contributed by atoms with E-state index < -0.39 is 10.0 Å². The smallest absolute Gasteiger partial charge is 0.257 e. The Morgan fingerprint density at radius 2 is 1.79 bits per heavy atom. The molecule has 1 aliphatic heterocycles. The first-order valence-electron chi connectivity index (χ1n) is 10.8. The van der Waals surface area contributed by atoms with E-state index in [2.05, 4.69) is 29.6 Å². The molecular formula is C24H21N3O4S2. The Labute approximate surface area is 195 Å². The maximum atomic E-state index is 12.8. The molecule has 33 heavy (non-hydrogen) atoms. The van der Waals surface area contributed by atoms with Gasteiger partial charge in [-0.25, -0.2) is 13.4 Å². The number of nitrogens with one attached hydrogen (secondary N) is 1. The molecule has 0 saturated carbocycles. The number of morpholine rings is 1. The van der Waals surface area contributed by atoms with Gasteiger partial charge < -0.3 is 4.74 Å². The Morgan fingerprint density at radius 1 is 1.03 bits per heavy atom. The van der Waals surface area contributed by atoms with Crippen LogP contribution in [-0.4, -0.2) is 49.9 Å². The lowest BCUT2D eigenvalue weighted by atomic mass is 10.0. The van der Waals surface area contributed by atoms with Gasteiger partial charge in [0.05, 0.1) is 28.3 Å². The number of aromatic nitrogens is 1. The van der Waals surface area contributed by atoms with Crippen LogP contribution in [0, 0.1) is 0 Å². The van der Waals surface area contributed by atoms with E-state index in [1.807, 2.05) is 0 Å². The number of fused-ring (bicyclic) bond motifs is 2. The van der Waals surface area contributed by atoms with Crippen LogP contribution in [0.25, 0.3) is 21.0 Å². The summed E-state index contributed by atoms with van der Waals surface area (Å²) in [4.78, 5) is 17.7. The van der Waals surface area contributed by atoms with Crippen LogP contribution in [0.3, 0.4) is 0 Å². The summed E-state index contributed by atoms with van der Waals surface area (Å²) in [5.41, 5.74) is 3.98. The third kappa shape index (κ3) is 3.52. The van der Waals surface area contributed by atoms with Crippen molar-refractivity contribution >= 4 is 53.4 Å². The van der Waals surface area contributed by atoms with Gasteiger partial charge >= 0.3 is 0 Å². The van der Waals surface area contributed by atoms with Gasteiger partial charge in [-0.1, -0.05) is 29.5 Å². The number of carbonyl (C=O) groups is 1. The molecule has 2 aliphatic rings. The lowest BCUT2D eigenvalue weighted by Gasteiger charge is -2.26. The first kappa shape index (κ1) is 20.7. The van der Waals surface area contributed by atoms with Crippen LogP contribution < -0.4 is 5.32 Å². The zero-order chi connectivity index (χ0) is 22.6. The number of ether oxygens (including phenoxy) is 1. The third-order valence-corrected chi connectivity index (χ3v) is 9.12. The molecule has 0 radical (unpaired) electrons. The van der Waals surface area contributed by atoms with Gasteiger partial charge in [0.25, 0.3) is 5.91 Å². The van der Waals surface area contributed by atoms with E-state index >= 15 is 0 Å². The normalized spacial score (nSPS) is 16.5. The van der Waals surface area contributed by atoms with Crippen molar-refractivity contribution in [1.29, 1.82) is 0 Å². The number of hydrogen-bond acceptors (Lipinski definition) is 6. The summed E-state index contributed by atoms with van der Waals surface area (Å²) >= 11 is 1.46. The van der Waals surface area contributed by atoms with E-state index in [0.717, 1.165) is 28.4 Å². The van der Waals surface area contributed by atoms with Crippen LogP contribution in [0.1, 0.15) is 21.5 Å². The quantitative estimate of drug-likeness (QED) is 0.481. The van der Waals surface area contributed by atoms with Crippen molar-refractivity contribution in [1.82, 2.24) is 9.29 Å². The van der Waals surface area contributed by atoms with Gasteiger partial charge in [0.1, 0.15) is 0 Å². The molecule has 3 aromatic carbocycles. The Morgan fingerprint density at radius 3 is 2.58 bits per heavy atom. The van der Waals surface area contributed by atoms with Crippen LogP contribution in [0.2, 0.25) is 0 Å². The molecule has 1 aliphatic carbocycles. The Hall–Kier alpha value is -2.85. The number of hydrogen-bond donors (Lipinski definition) is 1. The molecule has 0 bridgehead atoms. The van der Waals surface area contributed by atoms with E-state index in [1.165, 1.54) is 56.4 Å². The molecule has 1 aromatic heterocycles. The molecule has 0 unspecified atom stereocenters. The highest BCUT2D eigenvalue weighted by Crippen LogP contribution is 2.39. The minimum Gasteiger partial charge on any atom is -0.379 e. The number of rotatable bonds is 4. The molecular weight excluding hydrogens is 458 g/mol. The Balaban J connectivity index is 1.25. The number of carbonyl (C=O) groups excluding carboxylic acids is 1. The molecule has 4 aromatic rings. The Bertz CT molecular complexity index is 1500. The van der Waals surface area contributed by atoms with E-state index in [1.54, 1.807) is 0 Å². The van der Waals surface area contributed by atoms with Crippen LogP contribution >= 0.6 is 11.3 Å². The van der Waals surface area contributed by atoms with Gasteiger partial charge in [-0.05, 0) is 59.7 Å². The molecule has 9 heteroatoms. The van der Waals surface area contributed by atoms with E-state index in [-0.39, 0.29) is 10.8 Å². The molecule has 2 heterocycles. The van der Waals surface area contributed by atoms with Gasteiger partial charge in [-0.15, -0.1) is 0 Å². The monoisotopic (exact) mass is 479 g/mol. The van der Waals surface area contributed by atoms with Crippen molar-refractivity contribution in [2.45, 2.75) is 17.7 Å². The van der Waals surface area contributed by atoms with E-state index in [0.29, 0.717) is 37.0 Å². The number of nitrogens with zero attached hydrogens (tertiary/aromatic N) is 2. The second-order valence-electron chi connectivity index (χ2n) is 8.24. The Kier molecular flexibility index (Phi) is 4.95. The number of thiazole rings is 1. The predicted octanol–water partition coefficient (Wildman–Crippen LogP) is 3.82. The molecule has 0 spiro atoms. The first-order valence-corrected chi connectivity index (χ1v) is 13.1. The van der Waals surface area contributed by atoms with Gasteiger partial charge in [-0.3, -0.25) is 10.1 Å². The second kappa shape index (κ2) is 7.88.